The van der Waals surface area contributed by atoms with Crippen molar-refractivity contribution in [3.05, 3.63) is 60.2 Å². The molecule has 2 rings (SSSR count). The van der Waals surface area contributed by atoms with E-state index in [1.54, 1.807) is 0 Å². The minimum absolute atomic E-state index is 0.337. The van der Waals surface area contributed by atoms with Gasteiger partial charge in [-0.25, -0.2) is 0 Å². The van der Waals surface area contributed by atoms with Crippen molar-refractivity contribution in [3.63, 3.8) is 0 Å². The molecule has 2 aromatic carbocycles. The van der Waals surface area contributed by atoms with Gasteiger partial charge >= 0.3 is 0 Å². The molecule has 0 aliphatic heterocycles. The van der Waals surface area contributed by atoms with E-state index in [2.05, 4.69) is 61.4 Å². The van der Waals surface area contributed by atoms with Crippen LogP contribution in [0, 0.1) is 0 Å². The summed E-state index contributed by atoms with van der Waals surface area (Å²) in [5.74, 6) is 1.29. The SMILES string of the molecule is CC(C)c1ccccc1OC[C@H](O)C[NH2+]CCCN(C)c1ccccc1. The van der Waals surface area contributed by atoms with E-state index in [1.165, 1.54) is 11.3 Å². The number of para-hydroxylation sites is 2. The van der Waals surface area contributed by atoms with E-state index >= 15 is 0 Å². The van der Waals surface area contributed by atoms with Crippen LogP contribution < -0.4 is 15.0 Å². The predicted molar refractivity (Wildman–Crippen MR) is 108 cm³/mol. The summed E-state index contributed by atoms with van der Waals surface area (Å²) >= 11 is 0. The van der Waals surface area contributed by atoms with Gasteiger partial charge in [-0.1, -0.05) is 50.2 Å². The molecule has 1 atom stereocenters. The van der Waals surface area contributed by atoms with Crippen LogP contribution in [0.15, 0.2) is 54.6 Å². The third-order valence-electron chi connectivity index (χ3n) is 4.51. The Morgan fingerprint density at radius 1 is 1.04 bits per heavy atom. The molecular formula is C22H33N2O2+. The zero-order valence-electron chi connectivity index (χ0n) is 16.3. The number of ether oxygens (including phenoxy) is 1. The zero-order valence-corrected chi connectivity index (χ0v) is 16.3. The molecule has 4 nitrogen and oxygen atoms in total. The first-order valence-corrected chi connectivity index (χ1v) is 9.55. The standard InChI is InChI=1S/C22H32N2O2/c1-18(2)21-12-7-8-13-22(21)26-17-20(25)16-23-14-9-15-24(3)19-10-5-4-6-11-19/h4-8,10-13,18,20,23,25H,9,14-17H2,1-3H3/p+1/t20-/m1/s1. The fourth-order valence-corrected chi connectivity index (χ4v) is 2.94. The highest BCUT2D eigenvalue weighted by Gasteiger charge is 2.11. The highest BCUT2D eigenvalue weighted by Crippen LogP contribution is 2.25. The van der Waals surface area contributed by atoms with Crippen LogP contribution in [0.2, 0.25) is 0 Å². The van der Waals surface area contributed by atoms with Gasteiger partial charge in [0.25, 0.3) is 0 Å². The van der Waals surface area contributed by atoms with Gasteiger partial charge in [-0.15, -0.1) is 0 Å². The Bertz CT molecular complexity index is 631. The number of aliphatic hydroxyl groups is 1. The molecule has 0 amide bonds. The van der Waals surface area contributed by atoms with Crippen molar-refractivity contribution in [3.8, 4) is 5.75 Å². The van der Waals surface area contributed by atoms with Crippen LogP contribution in [0.25, 0.3) is 0 Å². The Hall–Kier alpha value is -2.04. The summed E-state index contributed by atoms with van der Waals surface area (Å²) < 4.78 is 5.84. The van der Waals surface area contributed by atoms with Crippen LogP contribution >= 0.6 is 0 Å². The van der Waals surface area contributed by atoms with Crippen LogP contribution in [0.4, 0.5) is 5.69 Å². The van der Waals surface area contributed by atoms with Crippen molar-refractivity contribution in [1.29, 1.82) is 0 Å². The number of nitrogens with zero attached hydrogens (tertiary/aromatic N) is 1. The lowest BCUT2D eigenvalue weighted by Crippen LogP contribution is -2.86. The van der Waals surface area contributed by atoms with Crippen molar-refractivity contribution < 1.29 is 15.2 Å². The summed E-state index contributed by atoms with van der Waals surface area (Å²) in [6.07, 6.45) is 0.622. The number of hydrogen-bond donors (Lipinski definition) is 2. The molecule has 0 aliphatic rings. The number of anilines is 1. The molecule has 3 N–H and O–H groups in total. The second-order valence-electron chi connectivity index (χ2n) is 7.08. The monoisotopic (exact) mass is 357 g/mol. The van der Waals surface area contributed by atoms with Gasteiger partial charge in [-0.05, 0) is 29.7 Å². The summed E-state index contributed by atoms with van der Waals surface area (Å²) in [5.41, 5.74) is 2.43. The van der Waals surface area contributed by atoms with Gasteiger partial charge in [0.05, 0.1) is 6.54 Å². The van der Waals surface area contributed by atoms with Gasteiger partial charge in [0, 0.05) is 25.7 Å². The third kappa shape index (κ3) is 6.70. The fraction of sp³-hybridized carbons (Fsp3) is 0.455. The lowest BCUT2D eigenvalue weighted by molar-refractivity contribution is -0.661. The predicted octanol–water partition coefficient (Wildman–Crippen LogP) is 2.64. The number of hydrogen-bond acceptors (Lipinski definition) is 3. The summed E-state index contributed by atoms with van der Waals surface area (Å²) in [6, 6.07) is 18.5. The number of quaternary nitrogens is 1. The van der Waals surface area contributed by atoms with E-state index in [9.17, 15) is 5.11 Å². The zero-order chi connectivity index (χ0) is 18.8. The largest absolute Gasteiger partial charge is 0.490 e. The normalized spacial score (nSPS) is 12.2. The molecule has 142 valence electrons. The molecule has 26 heavy (non-hydrogen) atoms. The van der Waals surface area contributed by atoms with Crippen LogP contribution in [-0.4, -0.2) is 44.5 Å². The van der Waals surface area contributed by atoms with Crippen molar-refractivity contribution in [2.45, 2.75) is 32.3 Å². The number of rotatable bonds is 11. The van der Waals surface area contributed by atoms with E-state index in [-0.39, 0.29) is 0 Å². The molecule has 0 radical (unpaired) electrons. The number of nitrogens with two attached hydrogens (primary N) is 1. The molecule has 0 saturated heterocycles. The number of benzene rings is 2. The highest BCUT2D eigenvalue weighted by atomic mass is 16.5. The molecule has 0 aliphatic carbocycles. The lowest BCUT2D eigenvalue weighted by atomic mass is 10.0. The van der Waals surface area contributed by atoms with Gasteiger partial charge < -0.3 is 20.1 Å². The van der Waals surface area contributed by atoms with Crippen molar-refractivity contribution in [2.75, 3.05) is 38.2 Å². The molecule has 0 saturated carbocycles. The van der Waals surface area contributed by atoms with Crippen molar-refractivity contribution >= 4 is 5.69 Å². The summed E-state index contributed by atoms with van der Waals surface area (Å²) in [6.45, 7) is 7.31. The Balaban J connectivity index is 1.61. The van der Waals surface area contributed by atoms with Crippen LogP contribution in [0.1, 0.15) is 31.7 Å². The quantitative estimate of drug-likeness (QED) is 0.608. The second kappa shape index (κ2) is 10.8. The Morgan fingerprint density at radius 2 is 1.73 bits per heavy atom. The third-order valence-corrected chi connectivity index (χ3v) is 4.51. The van der Waals surface area contributed by atoms with E-state index in [1.807, 2.05) is 24.3 Å². The Labute approximate surface area is 157 Å². The molecule has 4 heteroatoms. The van der Waals surface area contributed by atoms with E-state index in [0.717, 1.165) is 25.3 Å². The van der Waals surface area contributed by atoms with Gasteiger partial charge in [-0.3, -0.25) is 0 Å². The topological polar surface area (TPSA) is 49.3 Å². The van der Waals surface area contributed by atoms with E-state index < -0.39 is 6.10 Å². The molecule has 0 bridgehead atoms. The first-order chi connectivity index (χ1) is 12.6. The molecule has 0 unspecified atom stereocenters. The summed E-state index contributed by atoms with van der Waals surface area (Å²) in [4.78, 5) is 2.26. The Morgan fingerprint density at radius 3 is 2.46 bits per heavy atom. The first-order valence-electron chi connectivity index (χ1n) is 9.55. The number of aliphatic hydroxyl groups excluding tert-OH is 1. The van der Waals surface area contributed by atoms with E-state index in [0.29, 0.717) is 19.1 Å². The molecule has 0 aromatic heterocycles. The Kier molecular flexibility index (Phi) is 8.45. The molecule has 2 aromatic rings. The maximum atomic E-state index is 10.2. The van der Waals surface area contributed by atoms with Gasteiger partial charge in [0.15, 0.2) is 0 Å². The average molecular weight is 358 g/mol. The summed E-state index contributed by atoms with van der Waals surface area (Å²) in [5, 5.41) is 12.3. The molecule has 0 heterocycles. The molecule has 0 fully saturated rings. The fourth-order valence-electron chi connectivity index (χ4n) is 2.94. The summed E-state index contributed by atoms with van der Waals surface area (Å²) in [7, 11) is 2.12. The van der Waals surface area contributed by atoms with Crippen molar-refractivity contribution in [1.82, 2.24) is 0 Å². The van der Waals surface area contributed by atoms with Crippen LogP contribution in [0.5, 0.6) is 5.75 Å². The van der Waals surface area contributed by atoms with Crippen LogP contribution in [0.3, 0.4) is 0 Å². The average Bonchev–Trinajstić information content (AvgIpc) is 2.66. The minimum atomic E-state index is -0.456. The molecular weight excluding hydrogens is 324 g/mol. The van der Waals surface area contributed by atoms with E-state index in [4.69, 9.17) is 4.74 Å². The smallest absolute Gasteiger partial charge is 0.137 e. The highest BCUT2D eigenvalue weighted by molar-refractivity contribution is 5.44. The maximum Gasteiger partial charge on any atom is 0.137 e. The minimum Gasteiger partial charge on any atom is -0.490 e. The van der Waals surface area contributed by atoms with Gasteiger partial charge in [-0.2, -0.15) is 0 Å². The second-order valence-corrected chi connectivity index (χ2v) is 7.08. The van der Waals surface area contributed by atoms with Gasteiger partial charge in [0.1, 0.15) is 25.0 Å². The van der Waals surface area contributed by atoms with Gasteiger partial charge in [0.2, 0.25) is 0 Å². The first kappa shape index (κ1) is 20.3. The molecule has 0 spiro atoms. The maximum absolute atomic E-state index is 10.2. The van der Waals surface area contributed by atoms with Crippen LogP contribution in [-0.2, 0) is 0 Å². The van der Waals surface area contributed by atoms with Crippen molar-refractivity contribution in [2.24, 2.45) is 0 Å². The lowest BCUT2D eigenvalue weighted by Gasteiger charge is -2.19.